The minimum atomic E-state index is -4.57. The number of rotatable bonds is 9. The molecule has 0 aliphatic heterocycles. The Labute approximate surface area is 388 Å². The van der Waals surface area contributed by atoms with E-state index in [1.165, 1.54) is 36.4 Å². The molecule has 0 heterocycles. The van der Waals surface area contributed by atoms with E-state index in [1.807, 2.05) is 36.4 Å². The van der Waals surface area contributed by atoms with Crippen molar-refractivity contribution < 1.29 is 39.5 Å². The van der Waals surface area contributed by atoms with Crippen LogP contribution in [0.2, 0.25) is 0 Å². The van der Waals surface area contributed by atoms with Gasteiger partial charge in [0.2, 0.25) is 0 Å². The number of alkyl halides is 9. The fraction of sp³-hybridized carbons (Fsp3) is 0.0625. The van der Waals surface area contributed by atoms with Crippen LogP contribution in [0.4, 0.5) is 73.6 Å². The van der Waals surface area contributed by atoms with Crippen LogP contribution in [-0.4, -0.2) is 15.3 Å². The molecule has 0 saturated carbocycles. The van der Waals surface area contributed by atoms with Gasteiger partial charge in [-0.1, -0.05) is 72.8 Å². The Bertz CT molecular complexity index is 2610. The van der Waals surface area contributed by atoms with E-state index in [0.29, 0.717) is 50.4 Å². The van der Waals surface area contributed by atoms with Gasteiger partial charge in [0.1, 0.15) is 0 Å². The van der Waals surface area contributed by atoms with Gasteiger partial charge in [-0.15, -0.1) is 0 Å². The summed E-state index contributed by atoms with van der Waals surface area (Å²) in [6.45, 7) is 0. The molecule has 6 nitrogen and oxygen atoms in total. The van der Waals surface area contributed by atoms with Crippen LogP contribution in [0.15, 0.2) is 164 Å². The van der Waals surface area contributed by atoms with Gasteiger partial charge in [-0.3, -0.25) is 0 Å². The molecule has 336 valence electrons. The SMILES string of the molecule is FC(F)(F)c1cccc(NC(=S)Nc2ccccc2-c2cc(-c3ccccc3NC(=S)Nc3cccc(C(F)(F)F)c3)cc(-c3ccccc3NC(=S)Nc3cccc(C(F)(F)F)c3)c2)c1. The summed E-state index contributed by atoms with van der Waals surface area (Å²) in [6.07, 6.45) is -13.7. The maximum atomic E-state index is 13.5. The first-order valence-electron chi connectivity index (χ1n) is 19.5. The van der Waals surface area contributed by atoms with E-state index in [-0.39, 0.29) is 32.4 Å². The number of anilines is 6. The van der Waals surface area contributed by atoms with E-state index in [1.54, 1.807) is 54.6 Å². The lowest BCUT2D eigenvalue weighted by Gasteiger charge is -2.20. The molecule has 7 aromatic rings. The van der Waals surface area contributed by atoms with Gasteiger partial charge in [0, 0.05) is 50.8 Å². The van der Waals surface area contributed by atoms with Crippen LogP contribution in [-0.2, 0) is 18.5 Å². The average molecular weight is 961 g/mol. The molecule has 0 bridgehead atoms. The number of hydrogen-bond donors (Lipinski definition) is 6. The van der Waals surface area contributed by atoms with Gasteiger partial charge in [0.25, 0.3) is 0 Å². The van der Waals surface area contributed by atoms with Crippen molar-refractivity contribution in [3.05, 3.63) is 180 Å². The van der Waals surface area contributed by atoms with E-state index >= 15 is 0 Å². The predicted octanol–water partition coefficient (Wildman–Crippen LogP) is 15.2. The lowest BCUT2D eigenvalue weighted by atomic mass is 9.91. The summed E-state index contributed by atoms with van der Waals surface area (Å²) in [5, 5.41) is 17.8. The molecular weight excluding hydrogens is 928 g/mol. The first-order valence-corrected chi connectivity index (χ1v) is 20.7. The van der Waals surface area contributed by atoms with Gasteiger partial charge in [0.05, 0.1) is 16.7 Å². The highest BCUT2D eigenvalue weighted by molar-refractivity contribution is 7.81. The molecule has 0 radical (unpaired) electrons. The topological polar surface area (TPSA) is 72.2 Å². The van der Waals surface area contributed by atoms with Crippen molar-refractivity contribution >= 4 is 86.1 Å². The average Bonchev–Trinajstić information content (AvgIpc) is 3.26. The number of nitrogens with one attached hydrogen (secondary N) is 6. The molecule has 7 aromatic carbocycles. The highest BCUT2D eigenvalue weighted by Crippen LogP contribution is 2.41. The van der Waals surface area contributed by atoms with Crippen LogP contribution in [0.25, 0.3) is 33.4 Å². The van der Waals surface area contributed by atoms with Gasteiger partial charge < -0.3 is 31.9 Å². The number of hydrogen-bond acceptors (Lipinski definition) is 3. The molecule has 0 unspecified atom stereocenters. The fourth-order valence-electron chi connectivity index (χ4n) is 6.80. The Morgan fingerprint density at radius 3 is 0.818 bits per heavy atom. The molecule has 0 amide bonds. The van der Waals surface area contributed by atoms with Crippen LogP contribution in [0.5, 0.6) is 0 Å². The lowest BCUT2D eigenvalue weighted by Crippen LogP contribution is -2.20. The summed E-state index contributed by atoms with van der Waals surface area (Å²) in [6, 6.07) is 40.7. The molecule has 0 aromatic heterocycles. The van der Waals surface area contributed by atoms with Crippen molar-refractivity contribution in [2.45, 2.75) is 18.5 Å². The molecule has 0 aliphatic rings. The first kappa shape index (κ1) is 47.0. The maximum Gasteiger partial charge on any atom is 0.416 e. The minimum Gasteiger partial charge on any atom is -0.332 e. The molecule has 0 spiro atoms. The third-order valence-electron chi connectivity index (χ3n) is 9.74. The predicted molar refractivity (Wildman–Crippen MR) is 257 cm³/mol. The molecular formula is C48H33F9N6S3. The second kappa shape index (κ2) is 19.6. The molecule has 6 N–H and O–H groups in total. The van der Waals surface area contributed by atoms with Crippen molar-refractivity contribution in [1.82, 2.24) is 0 Å². The number of benzene rings is 7. The number of thiocarbonyl (C=S) groups is 3. The summed E-state index contributed by atoms with van der Waals surface area (Å²) in [7, 11) is 0. The zero-order valence-electron chi connectivity index (χ0n) is 33.7. The van der Waals surface area contributed by atoms with Gasteiger partial charge in [-0.25, -0.2) is 0 Å². The highest BCUT2D eigenvalue weighted by atomic mass is 32.1. The van der Waals surface area contributed by atoms with Crippen molar-refractivity contribution in [3.63, 3.8) is 0 Å². The van der Waals surface area contributed by atoms with Crippen molar-refractivity contribution in [1.29, 1.82) is 0 Å². The molecule has 7 rings (SSSR count). The van der Waals surface area contributed by atoms with Crippen LogP contribution in [0, 0.1) is 0 Å². The molecule has 66 heavy (non-hydrogen) atoms. The Kier molecular flexibility index (Phi) is 14.0. The van der Waals surface area contributed by atoms with Crippen LogP contribution in [0.3, 0.4) is 0 Å². The number of halogens is 9. The molecule has 18 heteroatoms. The quantitative estimate of drug-likeness (QED) is 0.0627. The number of para-hydroxylation sites is 3. The van der Waals surface area contributed by atoms with Gasteiger partial charge in [-0.2, -0.15) is 39.5 Å². The summed E-state index contributed by atoms with van der Waals surface area (Å²) in [4.78, 5) is 0. The second-order valence-electron chi connectivity index (χ2n) is 14.4. The second-order valence-corrected chi connectivity index (χ2v) is 15.6. The third-order valence-corrected chi connectivity index (χ3v) is 10.3. The Hall–Kier alpha value is -7.02. The minimum absolute atomic E-state index is 0.00538. The van der Waals surface area contributed by atoms with Gasteiger partial charge in [-0.05, 0) is 144 Å². The van der Waals surface area contributed by atoms with E-state index < -0.39 is 35.2 Å². The van der Waals surface area contributed by atoms with Crippen molar-refractivity contribution in [2.24, 2.45) is 0 Å². The van der Waals surface area contributed by atoms with Crippen LogP contribution >= 0.6 is 36.7 Å². The lowest BCUT2D eigenvalue weighted by molar-refractivity contribution is -0.138. The zero-order valence-corrected chi connectivity index (χ0v) is 36.2. The molecule has 0 atom stereocenters. The largest absolute Gasteiger partial charge is 0.416 e. The molecule has 0 saturated heterocycles. The maximum absolute atomic E-state index is 13.5. The Balaban J connectivity index is 1.26. The highest BCUT2D eigenvalue weighted by Gasteiger charge is 2.32. The smallest absolute Gasteiger partial charge is 0.332 e. The van der Waals surface area contributed by atoms with E-state index in [9.17, 15) is 39.5 Å². The van der Waals surface area contributed by atoms with E-state index in [4.69, 9.17) is 36.7 Å². The van der Waals surface area contributed by atoms with E-state index in [0.717, 1.165) is 36.4 Å². The standard InChI is InChI=1S/C48H33F9N6S3/c49-46(50,51)31-10-7-13-34(25-31)58-43(64)61-40-19-4-1-16-37(40)28-22-29(38-17-2-5-20-41(38)62-44(65)59-35-14-8-11-32(26-35)47(52,53)54)24-30(23-28)39-18-3-6-21-42(39)63-45(66)60-36-15-9-12-33(27-36)48(55,56)57/h1-27H,(H2,58,61,64)(H2,59,62,65)(H2,60,63,66). The summed E-state index contributed by atoms with van der Waals surface area (Å²) in [5.74, 6) is 0. The zero-order chi connectivity index (χ0) is 47.2. The van der Waals surface area contributed by atoms with Gasteiger partial charge in [0.15, 0.2) is 15.3 Å². The third kappa shape index (κ3) is 12.0. The summed E-state index contributed by atoms with van der Waals surface area (Å²) in [5.41, 5.74) is 2.97. The Morgan fingerprint density at radius 2 is 0.561 bits per heavy atom. The van der Waals surface area contributed by atoms with Crippen LogP contribution in [0.1, 0.15) is 16.7 Å². The molecule has 0 fully saturated rings. The molecule has 0 aliphatic carbocycles. The monoisotopic (exact) mass is 960 g/mol. The summed E-state index contributed by atoms with van der Waals surface area (Å²) < 4.78 is 121. The fourth-order valence-corrected chi connectivity index (χ4v) is 7.48. The first-order chi connectivity index (χ1) is 31.3. The van der Waals surface area contributed by atoms with Crippen molar-refractivity contribution in [3.8, 4) is 33.4 Å². The normalized spacial score (nSPS) is 11.6. The van der Waals surface area contributed by atoms with Crippen molar-refractivity contribution in [2.75, 3.05) is 31.9 Å². The van der Waals surface area contributed by atoms with Gasteiger partial charge >= 0.3 is 18.5 Å². The van der Waals surface area contributed by atoms with E-state index in [2.05, 4.69) is 31.9 Å². The Morgan fingerprint density at radius 1 is 0.303 bits per heavy atom. The van der Waals surface area contributed by atoms with Crippen LogP contribution < -0.4 is 31.9 Å². The summed E-state index contributed by atoms with van der Waals surface area (Å²) >= 11 is 16.7.